The molecule has 0 radical (unpaired) electrons. The van der Waals surface area contributed by atoms with Gasteiger partial charge < -0.3 is 19.8 Å². The lowest BCUT2D eigenvalue weighted by Crippen LogP contribution is -2.40. The number of carbonyl (C=O) groups is 1. The SMILES string of the molecule is CC(C)c1ccc(OCC(=O)N2CCC(c3nnc(N)o3)CC2)cc1. The first kappa shape index (κ1) is 17.3. The third kappa shape index (κ3) is 4.29. The van der Waals surface area contributed by atoms with Gasteiger partial charge in [-0.25, -0.2) is 0 Å². The van der Waals surface area contributed by atoms with Gasteiger partial charge in [-0.05, 0) is 36.5 Å². The third-order valence-electron chi connectivity index (χ3n) is 4.56. The molecule has 1 aromatic carbocycles. The summed E-state index contributed by atoms with van der Waals surface area (Å²) in [6, 6.07) is 7.98. The zero-order valence-corrected chi connectivity index (χ0v) is 14.6. The van der Waals surface area contributed by atoms with Crippen molar-refractivity contribution in [1.82, 2.24) is 15.1 Å². The molecule has 2 N–H and O–H groups in total. The van der Waals surface area contributed by atoms with E-state index in [4.69, 9.17) is 14.9 Å². The number of aromatic nitrogens is 2. The minimum absolute atomic E-state index is 0.00331. The highest BCUT2D eigenvalue weighted by Gasteiger charge is 2.27. The Morgan fingerprint density at radius 3 is 2.52 bits per heavy atom. The topological polar surface area (TPSA) is 94.5 Å². The van der Waals surface area contributed by atoms with Crippen LogP contribution in [-0.4, -0.2) is 40.7 Å². The van der Waals surface area contributed by atoms with Crippen LogP contribution in [0.15, 0.2) is 28.7 Å². The van der Waals surface area contributed by atoms with Crippen LogP contribution in [0, 0.1) is 0 Å². The molecule has 25 heavy (non-hydrogen) atoms. The number of hydrogen-bond donors (Lipinski definition) is 1. The van der Waals surface area contributed by atoms with Crippen molar-refractivity contribution in [1.29, 1.82) is 0 Å². The van der Waals surface area contributed by atoms with Crippen LogP contribution in [0.1, 0.15) is 50.0 Å². The molecule has 0 atom stereocenters. The largest absolute Gasteiger partial charge is 0.484 e. The number of likely N-dealkylation sites (tertiary alicyclic amines) is 1. The number of nitrogens with two attached hydrogens (primary N) is 1. The van der Waals surface area contributed by atoms with E-state index in [0.717, 1.165) is 12.8 Å². The van der Waals surface area contributed by atoms with Gasteiger partial charge in [-0.2, -0.15) is 0 Å². The molecule has 0 bridgehead atoms. The van der Waals surface area contributed by atoms with Crippen LogP contribution in [0.4, 0.5) is 6.01 Å². The summed E-state index contributed by atoms with van der Waals surface area (Å²) in [5, 5.41) is 7.62. The number of carbonyl (C=O) groups excluding carboxylic acids is 1. The molecule has 1 fully saturated rings. The lowest BCUT2D eigenvalue weighted by atomic mass is 9.97. The van der Waals surface area contributed by atoms with E-state index in [-0.39, 0.29) is 24.4 Å². The van der Waals surface area contributed by atoms with E-state index in [1.54, 1.807) is 0 Å². The van der Waals surface area contributed by atoms with Crippen molar-refractivity contribution in [2.45, 2.75) is 38.5 Å². The third-order valence-corrected chi connectivity index (χ3v) is 4.56. The normalized spacial score (nSPS) is 15.6. The van der Waals surface area contributed by atoms with E-state index in [2.05, 4.69) is 24.0 Å². The minimum atomic E-state index is -0.00331. The van der Waals surface area contributed by atoms with Crippen molar-refractivity contribution >= 4 is 11.9 Å². The summed E-state index contributed by atoms with van der Waals surface area (Å²) in [7, 11) is 0. The fraction of sp³-hybridized carbons (Fsp3) is 0.500. The van der Waals surface area contributed by atoms with Crippen LogP contribution in [0.5, 0.6) is 5.75 Å². The summed E-state index contributed by atoms with van der Waals surface area (Å²) in [5.41, 5.74) is 6.71. The Morgan fingerprint density at radius 1 is 1.28 bits per heavy atom. The van der Waals surface area contributed by atoms with Crippen LogP contribution >= 0.6 is 0 Å². The van der Waals surface area contributed by atoms with Gasteiger partial charge in [-0.15, -0.1) is 5.10 Å². The summed E-state index contributed by atoms with van der Waals surface area (Å²) in [6.07, 6.45) is 1.58. The predicted molar refractivity (Wildman–Crippen MR) is 93.3 cm³/mol. The van der Waals surface area contributed by atoms with Crippen molar-refractivity contribution in [3.63, 3.8) is 0 Å². The number of piperidine rings is 1. The molecule has 1 aliphatic rings. The van der Waals surface area contributed by atoms with Gasteiger partial charge in [0.2, 0.25) is 5.89 Å². The summed E-state index contributed by atoms with van der Waals surface area (Å²) >= 11 is 0. The molecule has 1 amide bonds. The van der Waals surface area contributed by atoms with Crippen molar-refractivity contribution in [3.8, 4) is 5.75 Å². The standard InChI is InChI=1S/C18H24N4O3/c1-12(2)13-3-5-15(6-4-13)24-11-16(23)22-9-7-14(8-10-22)17-20-21-18(19)25-17/h3-6,12,14H,7-11H2,1-2H3,(H2,19,21). The molecule has 0 aliphatic carbocycles. The van der Waals surface area contributed by atoms with Gasteiger partial charge in [-0.1, -0.05) is 31.1 Å². The molecular weight excluding hydrogens is 320 g/mol. The van der Waals surface area contributed by atoms with Crippen LogP contribution in [0.25, 0.3) is 0 Å². The van der Waals surface area contributed by atoms with Crippen LogP contribution in [0.2, 0.25) is 0 Å². The molecule has 134 valence electrons. The molecule has 1 aromatic heterocycles. The Morgan fingerprint density at radius 2 is 1.96 bits per heavy atom. The Bertz CT molecular complexity index is 703. The van der Waals surface area contributed by atoms with Gasteiger partial charge in [0.25, 0.3) is 5.91 Å². The number of benzene rings is 1. The highest BCUT2D eigenvalue weighted by atomic mass is 16.5. The molecule has 7 heteroatoms. The van der Waals surface area contributed by atoms with Crippen molar-refractivity contribution in [2.24, 2.45) is 0 Å². The van der Waals surface area contributed by atoms with Gasteiger partial charge >= 0.3 is 6.01 Å². The lowest BCUT2D eigenvalue weighted by molar-refractivity contribution is -0.134. The second-order valence-electron chi connectivity index (χ2n) is 6.65. The van der Waals surface area contributed by atoms with Crippen molar-refractivity contribution in [2.75, 3.05) is 25.4 Å². The quantitative estimate of drug-likeness (QED) is 0.896. The highest BCUT2D eigenvalue weighted by molar-refractivity contribution is 5.77. The molecule has 2 aromatic rings. The van der Waals surface area contributed by atoms with Crippen LogP contribution in [-0.2, 0) is 4.79 Å². The Kier molecular flexibility index (Phi) is 5.21. The summed E-state index contributed by atoms with van der Waals surface area (Å²) < 4.78 is 10.9. The number of anilines is 1. The zero-order valence-electron chi connectivity index (χ0n) is 14.6. The van der Waals surface area contributed by atoms with E-state index in [1.165, 1.54) is 5.56 Å². The van der Waals surface area contributed by atoms with Gasteiger partial charge in [0.1, 0.15) is 5.75 Å². The Labute approximate surface area is 147 Å². The lowest BCUT2D eigenvalue weighted by Gasteiger charge is -2.30. The molecule has 0 unspecified atom stereocenters. The number of hydrogen-bond acceptors (Lipinski definition) is 6. The average molecular weight is 344 g/mol. The van der Waals surface area contributed by atoms with E-state index in [9.17, 15) is 4.79 Å². The summed E-state index contributed by atoms with van der Waals surface area (Å²) in [6.45, 7) is 5.65. The molecular formula is C18H24N4O3. The maximum atomic E-state index is 12.3. The number of ether oxygens (including phenoxy) is 1. The van der Waals surface area contributed by atoms with Crippen LogP contribution < -0.4 is 10.5 Å². The Balaban J connectivity index is 1.46. The molecule has 3 rings (SSSR count). The monoisotopic (exact) mass is 344 g/mol. The second-order valence-corrected chi connectivity index (χ2v) is 6.65. The highest BCUT2D eigenvalue weighted by Crippen LogP contribution is 2.27. The van der Waals surface area contributed by atoms with Gasteiger partial charge in [0.05, 0.1) is 0 Å². The van der Waals surface area contributed by atoms with Crippen LogP contribution in [0.3, 0.4) is 0 Å². The van der Waals surface area contributed by atoms with Crippen molar-refractivity contribution in [3.05, 3.63) is 35.7 Å². The number of rotatable bonds is 5. The first-order valence-corrected chi connectivity index (χ1v) is 8.62. The molecule has 7 nitrogen and oxygen atoms in total. The van der Waals surface area contributed by atoms with Gasteiger partial charge in [-0.3, -0.25) is 4.79 Å². The molecule has 2 heterocycles. The smallest absolute Gasteiger partial charge is 0.312 e. The van der Waals surface area contributed by atoms with E-state index in [1.807, 2.05) is 29.2 Å². The second kappa shape index (κ2) is 7.55. The van der Waals surface area contributed by atoms with E-state index < -0.39 is 0 Å². The molecule has 1 saturated heterocycles. The average Bonchev–Trinajstić information content (AvgIpc) is 3.06. The first-order valence-electron chi connectivity index (χ1n) is 8.62. The zero-order chi connectivity index (χ0) is 17.8. The fourth-order valence-electron chi connectivity index (χ4n) is 2.97. The minimum Gasteiger partial charge on any atom is -0.484 e. The van der Waals surface area contributed by atoms with E-state index in [0.29, 0.717) is 30.6 Å². The first-order chi connectivity index (χ1) is 12.0. The number of nitrogens with zero attached hydrogens (tertiary/aromatic N) is 3. The maximum absolute atomic E-state index is 12.3. The predicted octanol–water partition coefficient (Wildman–Crippen LogP) is 2.56. The number of amides is 1. The van der Waals surface area contributed by atoms with Gasteiger partial charge in [0.15, 0.2) is 6.61 Å². The molecule has 0 saturated carbocycles. The summed E-state index contributed by atoms with van der Waals surface area (Å²) in [4.78, 5) is 14.1. The van der Waals surface area contributed by atoms with Gasteiger partial charge in [0, 0.05) is 19.0 Å². The fourth-order valence-corrected chi connectivity index (χ4v) is 2.97. The van der Waals surface area contributed by atoms with E-state index >= 15 is 0 Å². The summed E-state index contributed by atoms with van der Waals surface area (Å²) in [5.74, 6) is 1.92. The van der Waals surface area contributed by atoms with Crippen molar-refractivity contribution < 1.29 is 13.9 Å². The number of nitrogen functional groups attached to an aromatic ring is 1. The Hall–Kier alpha value is -2.57. The molecule has 0 spiro atoms. The maximum Gasteiger partial charge on any atom is 0.312 e. The molecule has 1 aliphatic heterocycles.